The second kappa shape index (κ2) is 5.47. The molecular weight excluding hydrogens is 256 g/mol. The zero-order valence-electron chi connectivity index (χ0n) is 10.5. The molecule has 0 unspecified atom stereocenters. The molecule has 2 aromatic carbocycles. The number of aromatic nitrogens is 1. The van der Waals surface area contributed by atoms with Gasteiger partial charge in [0.05, 0.1) is 0 Å². The first-order chi connectivity index (χ1) is 9.31. The molecule has 0 aliphatic carbocycles. The summed E-state index contributed by atoms with van der Waals surface area (Å²) in [4.78, 5) is 3.20. The highest BCUT2D eigenvalue weighted by Gasteiger charge is 1.98. The second-order valence-electron chi connectivity index (χ2n) is 4.63. The highest BCUT2D eigenvalue weighted by molar-refractivity contribution is 6.30. The van der Waals surface area contributed by atoms with E-state index >= 15 is 0 Å². The number of rotatable bonds is 4. The fourth-order valence-corrected chi connectivity index (χ4v) is 2.42. The number of halogens is 1. The first kappa shape index (κ1) is 12.3. The SMILES string of the molecule is Clc1cccc(CNCc2ccc3[nH]ccc3c2)c1. The maximum atomic E-state index is 5.96. The predicted octanol–water partition coefficient (Wildman–Crippen LogP) is 4.11. The van der Waals surface area contributed by atoms with Crippen molar-refractivity contribution in [2.24, 2.45) is 0 Å². The van der Waals surface area contributed by atoms with Gasteiger partial charge >= 0.3 is 0 Å². The van der Waals surface area contributed by atoms with Crippen molar-refractivity contribution in [1.82, 2.24) is 10.3 Å². The fourth-order valence-electron chi connectivity index (χ4n) is 2.21. The van der Waals surface area contributed by atoms with Crippen molar-refractivity contribution < 1.29 is 0 Å². The molecule has 0 amide bonds. The lowest BCUT2D eigenvalue weighted by molar-refractivity contribution is 0.694. The summed E-state index contributed by atoms with van der Waals surface area (Å²) in [6.45, 7) is 1.68. The van der Waals surface area contributed by atoms with E-state index < -0.39 is 0 Å². The maximum Gasteiger partial charge on any atom is 0.0454 e. The summed E-state index contributed by atoms with van der Waals surface area (Å²) in [5, 5.41) is 5.47. The summed E-state index contributed by atoms with van der Waals surface area (Å²) < 4.78 is 0. The Morgan fingerprint density at radius 3 is 2.63 bits per heavy atom. The van der Waals surface area contributed by atoms with Crippen LogP contribution in [0, 0.1) is 0 Å². The van der Waals surface area contributed by atoms with Crippen molar-refractivity contribution in [3.63, 3.8) is 0 Å². The molecule has 0 saturated carbocycles. The van der Waals surface area contributed by atoms with Crippen molar-refractivity contribution in [3.8, 4) is 0 Å². The van der Waals surface area contributed by atoms with Crippen molar-refractivity contribution in [1.29, 1.82) is 0 Å². The van der Waals surface area contributed by atoms with Crippen molar-refractivity contribution in [3.05, 3.63) is 70.9 Å². The van der Waals surface area contributed by atoms with E-state index in [0.717, 1.165) is 18.1 Å². The zero-order chi connectivity index (χ0) is 13.1. The Morgan fingerprint density at radius 2 is 1.79 bits per heavy atom. The molecule has 0 fully saturated rings. The standard InChI is InChI=1S/C16H15ClN2/c17-15-3-1-2-12(9-15)10-18-11-13-4-5-16-14(8-13)6-7-19-16/h1-9,18-19H,10-11H2. The quantitative estimate of drug-likeness (QED) is 0.734. The Balaban J connectivity index is 1.62. The molecule has 2 nitrogen and oxygen atoms in total. The predicted molar refractivity (Wildman–Crippen MR) is 80.3 cm³/mol. The summed E-state index contributed by atoms with van der Waals surface area (Å²) in [6.07, 6.45) is 1.97. The highest BCUT2D eigenvalue weighted by atomic mass is 35.5. The van der Waals surface area contributed by atoms with Crippen LogP contribution in [0.25, 0.3) is 10.9 Å². The van der Waals surface area contributed by atoms with Crippen LogP contribution >= 0.6 is 11.6 Å². The zero-order valence-corrected chi connectivity index (χ0v) is 11.2. The Hall–Kier alpha value is -1.77. The van der Waals surface area contributed by atoms with Gasteiger partial charge < -0.3 is 10.3 Å². The molecule has 3 rings (SSSR count). The number of H-pyrrole nitrogens is 1. The van der Waals surface area contributed by atoms with Gasteiger partial charge in [-0.3, -0.25) is 0 Å². The van der Waals surface area contributed by atoms with Gasteiger partial charge in [0.2, 0.25) is 0 Å². The summed E-state index contributed by atoms with van der Waals surface area (Å²) in [6, 6.07) is 16.5. The smallest absolute Gasteiger partial charge is 0.0454 e. The number of aromatic amines is 1. The number of benzene rings is 2. The largest absolute Gasteiger partial charge is 0.361 e. The van der Waals surface area contributed by atoms with Gasteiger partial charge in [0, 0.05) is 29.8 Å². The topological polar surface area (TPSA) is 27.8 Å². The van der Waals surface area contributed by atoms with Crippen LogP contribution in [-0.4, -0.2) is 4.98 Å². The van der Waals surface area contributed by atoms with Gasteiger partial charge in [-0.15, -0.1) is 0 Å². The van der Waals surface area contributed by atoms with Gasteiger partial charge in [0.15, 0.2) is 0 Å². The normalized spacial score (nSPS) is 11.0. The van der Waals surface area contributed by atoms with Gasteiger partial charge in [0.25, 0.3) is 0 Å². The molecule has 19 heavy (non-hydrogen) atoms. The molecule has 1 heterocycles. The summed E-state index contributed by atoms with van der Waals surface area (Å²) in [7, 11) is 0. The van der Waals surface area contributed by atoms with Crippen LogP contribution in [0.3, 0.4) is 0 Å². The Morgan fingerprint density at radius 1 is 0.947 bits per heavy atom. The second-order valence-corrected chi connectivity index (χ2v) is 5.07. The average molecular weight is 271 g/mol. The lowest BCUT2D eigenvalue weighted by Gasteiger charge is -2.06. The minimum Gasteiger partial charge on any atom is -0.361 e. The van der Waals surface area contributed by atoms with Crippen LogP contribution in [0.2, 0.25) is 5.02 Å². The Labute approximate surface area is 117 Å². The first-order valence-electron chi connectivity index (χ1n) is 6.32. The monoisotopic (exact) mass is 270 g/mol. The Kier molecular flexibility index (Phi) is 3.53. The van der Waals surface area contributed by atoms with Crippen LogP contribution in [0.1, 0.15) is 11.1 Å². The van der Waals surface area contributed by atoms with E-state index in [1.165, 1.54) is 22.0 Å². The van der Waals surface area contributed by atoms with Crippen LogP contribution in [0.5, 0.6) is 0 Å². The minimum absolute atomic E-state index is 0.785. The van der Waals surface area contributed by atoms with E-state index in [4.69, 9.17) is 11.6 Å². The molecule has 1 aromatic heterocycles. The Bertz CT molecular complexity index is 688. The van der Waals surface area contributed by atoms with Gasteiger partial charge in [-0.1, -0.05) is 29.8 Å². The van der Waals surface area contributed by atoms with Crippen molar-refractivity contribution >= 4 is 22.5 Å². The molecule has 3 heteroatoms. The number of hydrogen-bond acceptors (Lipinski definition) is 1. The van der Waals surface area contributed by atoms with Gasteiger partial charge in [0.1, 0.15) is 0 Å². The molecule has 0 atom stereocenters. The van der Waals surface area contributed by atoms with Crippen LogP contribution in [0.15, 0.2) is 54.7 Å². The third-order valence-corrected chi connectivity index (χ3v) is 3.40. The van der Waals surface area contributed by atoms with Crippen LogP contribution < -0.4 is 5.32 Å². The molecule has 96 valence electrons. The van der Waals surface area contributed by atoms with Crippen molar-refractivity contribution in [2.45, 2.75) is 13.1 Å². The molecule has 0 radical (unpaired) electrons. The highest BCUT2D eigenvalue weighted by Crippen LogP contribution is 2.14. The fraction of sp³-hybridized carbons (Fsp3) is 0.125. The maximum absolute atomic E-state index is 5.96. The van der Waals surface area contributed by atoms with E-state index in [1.54, 1.807) is 0 Å². The number of nitrogens with one attached hydrogen (secondary N) is 2. The average Bonchev–Trinajstić information content (AvgIpc) is 2.86. The lowest BCUT2D eigenvalue weighted by Crippen LogP contribution is -2.12. The molecule has 0 spiro atoms. The molecular formula is C16H15ClN2. The molecule has 0 bridgehead atoms. The number of fused-ring (bicyclic) bond motifs is 1. The molecule has 0 aliphatic heterocycles. The number of hydrogen-bond donors (Lipinski definition) is 2. The molecule has 0 saturated heterocycles. The van der Waals surface area contributed by atoms with E-state index in [9.17, 15) is 0 Å². The first-order valence-corrected chi connectivity index (χ1v) is 6.70. The summed E-state index contributed by atoms with van der Waals surface area (Å²) >= 11 is 5.96. The van der Waals surface area contributed by atoms with Crippen LogP contribution in [0.4, 0.5) is 0 Å². The summed E-state index contributed by atoms with van der Waals surface area (Å²) in [5.41, 5.74) is 3.67. The van der Waals surface area contributed by atoms with E-state index in [1.807, 2.05) is 24.4 Å². The van der Waals surface area contributed by atoms with Gasteiger partial charge in [-0.25, -0.2) is 0 Å². The van der Waals surface area contributed by atoms with Gasteiger partial charge in [-0.2, -0.15) is 0 Å². The minimum atomic E-state index is 0.785. The molecule has 2 N–H and O–H groups in total. The van der Waals surface area contributed by atoms with E-state index in [2.05, 4.69) is 40.6 Å². The molecule has 3 aromatic rings. The van der Waals surface area contributed by atoms with Crippen molar-refractivity contribution in [2.75, 3.05) is 0 Å². The summed E-state index contributed by atoms with van der Waals surface area (Å²) in [5.74, 6) is 0. The third kappa shape index (κ3) is 2.98. The van der Waals surface area contributed by atoms with E-state index in [-0.39, 0.29) is 0 Å². The third-order valence-electron chi connectivity index (χ3n) is 3.16. The van der Waals surface area contributed by atoms with Crippen LogP contribution in [-0.2, 0) is 13.1 Å². The van der Waals surface area contributed by atoms with Gasteiger partial charge in [-0.05, 0) is 46.8 Å². The van der Waals surface area contributed by atoms with E-state index in [0.29, 0.717) is 0 Å². The molecule has 0 aliphatic rings. The lowest BCUT2D eigenvalue weighted by atomic mass is 10.1.